The molecule has 7 nitrogen and oxygen atoms in total. The maximum atomic E-state index is 12.0. The number of hydrogen-bond acceptors (Lipinski definition) is 6. The predicted octanol–water partition coefficient (Wildman–Crippen LogP) is 2.83. The number of carbonyl (C=O) groups excluding carboxylic acids is 1. The van der Waals surface area contributed by atoms with Crippen molar-refractivity contribution in [1.82, 2.24) is 10.3 Å². The minimum absolute atomic E-state index is 0.152. The third kappa shape index (κ3) is 6.70. The van der Waals surface area contributed by atoms with Crippen molar-refractivity contribution in [3.05, 3.63) is 41.4 Å². The molecule has 26 heavy (non-hydrogen) atoms. The first-order valence-electron chi connectivity index (χ1n) is 7.85. The topological polar surface area (TPSA) is 102 Å². The van der Waals surface area contributed by atoms with Gasteiger partial charge in [0, 0.05) is 17.1 Å². The van der Waals surface area contributed by atoms with Gasteiger partial charge in [-0.2, -0.15) is 0 Å². The van der Waals surface area contributed by atoms with Crippen molar-refractivity contribution < 1.29 is 23.8 Å². The fraction of sp³-hybridized carbons (Fsp3) is 0.353. The van der Waals surface area contributed by atoms with Gasteiger partial charge >= 0.3 is 5.97 Å². The Hall–Kier alpha value is -2.03. The fourth-order valence-corrected chi connectivity index (χ4v) is 2.83. The van der Waals surface area contributed by atoms with Gasteiger partial charge in [-0.3, -0.25) is 4.79 Å². The number of carboxylic acid groups (broad SMARTS) is 1. The van der Waals surface area contributed by atoms with Gasteiger partial charge in [-0.05, 0) is 31.2 Å². The maximum absolute atomic E-state index is 12.0. The number of carboxylic acids is 1. The second-order valence-corrected chi connectivity index (χ2v) is 7.08. The molecule has 0 aliphatic heterocycles. The Bertz CT molecular complexity index is 735. The van der Waals surface area contributed by atoms with Crippen molar-refractivity contribution in [2.75, 3.05) is 19.8 Å². The van der Waals surface area contributed by atoms with Crippen molar-refractivity contribution in [3.63, 3.8) is 0 Å². The molecule has 1 amide bonds. The molecule has 9 heteroatoms. The molecule has 1 unspecified atom stereocenters. The lowest BCUT2D eigenvalue weighted by Crippen LogP contribution is -2.33. The lowest BCUT2D eigenvalue weighted by Gasteiger charge is -2.10. The molecule has 2 aromatic rings. The summed E-state index contributed by atoms with van der Waals surface area (Å²) in [6.07, 6.45) is 1.64. The van der Waals surface area contributed by atoms with Gasteiger partial charge in [-0.15, -0.1) is 11.8 Å². The Morgan fingerprint density at radius 1 is 1.38 bits per heavy atom. The normalized spacial score (nSPS) is 11.9. The van der Waals surface area contributed by atoms with Gasteiger partial charge in [0.1, 0.15) is 6.61 Å². The quantitative estimate of drug-likeness (QED) is 0.593. The lowest BCUT2D eigenvalue weighted by atomic mass is 10.2. The maximum Gasteiger partial charge on any atom is 0.329 e. The lowest BCUT2D eigenvalue weighted by molar-refractivity contribution is -0.142. The summed E-state index contributed by atoms with van der Waals surface area (Å²) in [5.41, 5.74) is 0.880. The van der Waals surface area contributed by atoms with Gasteiger partial charge in [-0.1, -0.05) is 11.6 Å². The van der Waals surface area contributed by atoms with E-state index in [4.69, 9.17) is 25.9 Å². The highest BCUT2D eigenvalue weighted by molar-refractivity contribution is 7.99. The Morgan fingerprint density at radius 3 is 2.81 bits per heavy atom. The number of hydrogen-bond donors (Lipinski definition) is 2. The zero-order valence-corrected chi connectivity index (χ0v) is 15.7. The summed E-state index contributed by atoms with van der Waals surface area (Å²) in [5, 5.41) is 11.5. The largest absolute Gasteiger partial charge is 0.480 e. The first-order valence-corrected chi connectivity index (χ1v) is 9.28. The van der Waals surface area contributed by atoms with Gasteiger partial charge in [-0.25, -0.2) is 9.78 Å². The van der Waals surface area contributed by atoms with Gasteiger partial charge < -0.3 is 19.6 Å². The van der Waals surface area contributed by atoms with E-state index in [1.807, 2.05) is 12.1 Å². The van der Waals surface area contributed by atoms with E-state index in [0.717, 1.165) is 5.56 Å². The van der Waals surface area contributed by atoms with Crippen LogP contribution in [0.1, 0.15) is 12.8 Å². The molecule has 0 bridgehead atoms. The van der Waals surface area contributed by atoms with Crippen LogP contribution in [0.25, 0.3) is 11.3 Å². The molecule has 2 rings (SSSR count). The molecule has 2 N–H and O–H groups in total. The first kappa shape index (κ1) is 20.3. The number of carbonyl (C=O) groups is 2. The molecule has 0 saturated heterocycles. The Morgan fingerprint density at radius 2 is 2.12 bits per heavy atom. The highest BCUT2D eigenvalue weighted by Gasteiger charge is 2.15. The van der Waals surface area contributed by atoms with Crippen LogP contribution in [-0.4, -0.2) is 47.0 Å². The predicted molar refractivity (Wildman–Crippen MR) is 99.2 cm³/mol. The molecule has 1 heterocycles. The second-order valence-electron chi connectivity index (χ2n) is 5.32. The second kappa shape index (κ2) is 10.2. The van der Waals surface area contributed by atoms with Crippen LogP contribution in [0.4, 0.5) is 0 Å². The average Bonchev–Trinajstić information content (AvgIpc) is 3.08. The monoisotopic (exact) mass is 398 g/mol. The summed E-state index contributed by atoms with van der Waals surface area (Å²) in [4.78, 5) is 26.5. The van der Waals surface area contributed by atoms with Crippen LogP contribution in [-0.2, 0) is 20.1 Å². The van der Waals surface area contributed by atoms with E-state index in [2.05, 4.69) is 10.3 Å². The van der Waals surface area contributed by atoms with Crippen molar-refractivity contribution in [1.29, 1.82) is 0 Å². The molecule has 0 spiro atoms. The van der Waals surface area contributed by atoms with Crippen molar-refractivity contribution in [2.45, 2.75) is 17.9 Å². The number of benzene rings is 1. The van der Waals surface area contributed by atoms with Crippen molar-refractivity contribution in [2.24, 2.45) is 0 Å². The number of aromatic nitrogens is 1. The van der Waals surface area contributed by atoms with E-state index >= 15 is 0 Å². The number of nitrogens with zero attached hydrogens (tertiary/aromatic N) is 1. The van der Waals surface area contributed by atoms with Crippen molar-refractivity contribution in [3.8, 4) is 11.3 Å². The summed E-state index contributed by atoms with van der Waals surface area (Å²) in [6.45, 7) is 1.82. The summed E-state index contributed by atoms with van der Waals surface area (Å²) < 4.78 is 10.5. The number of thioether (sulfide) groups is 1. The highest BCUT2D eigenvalue weighted by atomic mass is 35.5. The molecule has 0 radical (unpaired) electrons. The molecule has 1 aromatic carbocycles. The molecule has 140 valence electrons. The van der Waals surface area contributed by atoms with Crippen molar-refractivity contribution >= 4 is 35.2 Å². The Balaban J connectivity index is 1.73. The summed E-state index contributed by atoms with van der Waals surface area (Å²) in [7, 11) is 0. The van der Waals surface area contributed by atoms with Gasteiger partial charge in [0.25, 0.3) is 0 Å². The molecule has 1 aromatic heterocycles. The smallest absolute Gasteiger partial charge is 0.329 e. The molecule has 0 saturated carbocycles. The van der Waals surface area contributed by atoms with Crippen LogP contribution in [0.15, 0.2) is 34.9 Å². The summed E-state index contributed by atoms with van der Waals surface area (Å²) >= 11 is 7.26. The van der Waals surface area contributed by atoms with Crippen LogP contribution in [0.2, 0.25) is 5.02 Å². The van der Waals surface area contributed by atoms with E-state index < -0.39 is 5.97 Å². The SMILES string of the molecule is CC(SCc1ncc(-c2ccc(Cl)cc2)o1)C(=O)NCCOCC(=O)O. The Kier molecular flexibility index (Phi) is 7.96. The van der Waals surface area contributed by atoms with E-state index in [-0.39, 0.29) is 30.9 Å². The molecule has 0 aliphatic carbocycles. The first-order chi connectivity index (χ1) is 12.5. The van der Waals surface area contributed by atoms with Crippen LogP contribution < -0.4 is 5.32 Å². The van der Waals surface area contributed by atoms with Gasteiger partial charge in [0.15, 0.2) is 5.76 Å². The minimum Gasteiger partial charge on any atom is -0.480 e. The van der Waals surface area contributed by atoms with E-state index in [9.17, 15) is 9.59 Å². The molecule has 1 atom stereocenters. The van der Waals surface area contributed by atoms with Crippen LogP contribution >= 0.6 is 23.4 Å². The number of amides is 1. The minimum atomic E-state index is -1.04. The summed E-state index contributed by atoms with van der Waals surface area (Å²) in [6, 6.07) is 7.26. The van der Waals surface area contributed by atoms with Crippen LogP contribution in [0.5, 0.6) is 0 Å². The summed E-state index contributed by atoms with van der Waals surface area (Å²) in [5.74, 6) is 0.439. The fourth-order valence-electron chi connectivity index (χ4n) is 1.95. The number of nitrogens with one attached hydrogen (secondary N) is 1. The zero-order valence-electron chi connectivity index (χ0n) is 14.1. The van der Waals surface area contributed by atoms with E-state index in [0.29, 0.717) is 22.4 Å². The molecule has 0 fully saturated rings. The number of halogens is 1. The molecule has 0 aliphatic rings. The molecular weight excluding hydrogens is 380 g/mol. The number of ether oxygens (including phenoxy) is 1. The number of aliphatic carboxylic acids is 1. The van der Waals surface area contributed by atoms with Gasteiger partial charge in [0.2, 0.25) is 11.8 Å². The highest BCUT2D eigenvalue weighted by Crippen LogP contribution is 2.25. The standard InChI is InChI=1S/C17H19ClN2O5S/c1-11(17(23)19-6-7-24-9-16(21)22)26-10-15-20-8-14(25-15)12-2-4-13(18)5-3-12/h2-5,8,11H,6-7,9-10H2,1H3,(H,19,23)(H,21,22). The third-order valence-corrected chi connectivity index (χ3v) is 4.66. The van der Waals surface area contributed by atoms with Gasteiger partial charge in [0.05, 0.1) is 23.8 Å². The number of oxazole rings is 1. The molecular formula is C17H19ClN2O5S. The Labute approximate surface area is 160 Å². The number of rotatable bonds is 10. The average molecular weight is 399 g/mol. The third-order valence-electron chi connectivity index (χ3n) is 3.28. The van der Waals surface area contributed by atoms with Crippen LogP contribution in [0.3, 0.4) is 0 Å². The van der Waals surface area contributed by atoms with E-state index in [1.54, 1.807) is 25.3 Å². The van der Waals surface area contributed by atoms with Crippen LogP contribution in [0, 0.1) is 0 Å². The zero-order chi connectivity index (χ0) is 18.9. The van der Waals surface area contributed by atoms with E-state index in [1.165, 1.54) is 11.8 Å².